The third-order valence-corrected chi connectivity index (χ3v) is 13.5. The third kappa shape index (κ3) is 10.7. The molecule has 0 radical (unpaired) electrons. The predicted octanol–water partition coefficient (Wildman–Crippen LogP) is 15.8. The van der Waals surface area contributed by atoms with Crippen LogP contribution in [0.5, 0.6) is 0 Å². The lowest BCUT2D eigenvalue weighted by molar-refractivity contribution is 0.0687. The lowest BCUT2D eigenvalue weighted by Crippen LogP contribution is -2.16. The van der Waals surface area contributed by atoms with Crippen LogP contribution in [0.2, 0.25) is 0 Å². The van der Waals surface area contributed by atoms with Crippen LogP contribution in [0.15, 0.2) is 238 Å². The number of carboxylic acids is 1. The van der Waals surface area contributed by atoms with E-state index in [1.54, 1.807) is 4.57 Å². The lowest BCUT2D eigenvalue weighted by atomic mass is 10.2. The molecule has 346 valence electrons. The molecule has 4 N–H and O–H groups in total. The Kier molecular flexibility index (Phi) is 15.9. The average Bonchev–Trinajstić information content (AvgIpc) is 4.00. The number of fused-ring (bicyclic) bond motifs is 3. The molecule has 0 aliphatic heterocycles. The second-order valence-electron chi connectivity index (χ2n) is 15.4. The van der Waals surface area contributed by atoms with Gasteiger partial charge in [0.15, 0.2) is 0 Å². The zero-order valence-corrected chi connectivity index (χ0v) is 42.5. The smallest absolute Gasteiger partial charge is 0.354 e. The number of anilines is 2. The van der Waals surface area contributed by atoms with Gasteiger partial charge in [0.2, 0.25) is 0 Å². The highest BCUT2D eigenvalue weighted by Crippen LogP contribution is 2.37. The summed E-state index contributed by atoms with van der Waals surface area (Å²) in [6, 6.07) is 71.5. The highest BCUT2D eigenvalue weighted by molar-refractivity contribution is 9.11. The van der Waals surface area contributed by atoms with Crippen LogP contribution in [0.1, 0.15) is 31.5 Å². The molecular weight excluding hydrogens is 1090 g/mol. The Balaban J connectivity index is 0.000000133. The van der Waals surface area contributed by atoms with Crippen molar-refractivity contribution in [2.45, 2.75) is 0 Å². The van der Waals surface area contributed by atoms with Crippen LogP contribution in [0.4, 0.5) is 11.4 Å². The maximum Gasteiger partial charge on any atom is 0.354 e. The van der Waals surface area contributed by atoms with E-state index < -0.39 is 11.2 Å². The minimum absolute atomic E-state index is 0.155. The molecule has 70 heavy (non-hydrogen) atoms. The van der Waals surface area contributed by atoms with E-state index in [2.05, 4.69) is 53.1 Å². The van der Waals surface area contributed by atoms with Crippen molar-refractivity contribution in [2.75, 3.05) is 11.1 Å². The number of carbonyl (C=O) groups excluding carboxylic acids is 2. The van der Waals surface area contributed by atoms with Gasteiger partial charge in [-0.3, -0.25) is 9.59 Å². The minimum Gasteiger partial charge on any atom is -0.477 e. The number of nitrogens with zero attached hydrogens (tertiary/aromatic N) is 3. The van der Waals surface area contributed by atoms with Crippen molar-refractivity contribution < 1.29 is 19.5 Å². The highest BCUT2D eigenvalue weighted by Gasteiger charge is 2.24. The maximum atomic E-state index is 13.0. The second kappa shape index (κ2) is 22.8. The standard InChI is InChI=1S/C21H15BrN2O.C15H9BrClNO.C15H10BrNO2.C6H7N/c22-19-17-13-7-8-14-18(17)24(16-11-5-2-6-12-16)20(19)21(25)23-15-9-3-1-4-10-15;16-13-11-8-4-5-9-12(11)18(14(13)15(17)19)10-6-2-1-3-7-10;16-13-11-8-4-5-9-12(11)17(14(13)15(18)19)10-6-2-1-3-7-10;7-6-4-2-1-3-5-6/h1-14H,(H,23,25);1-9H;1-9H,(H,18,19);1-5H,7H2. The van der Waals surface area contributed by atoms with Gasteiger partial charge < -0.3 is 29.9 Å². The number of para-hydroxylation sites is 8. The number of amides is 1. The van der Waals surface area contributed by atoms with Crippen molar-refractivity contribution in [1.29, 1.82) is 0 Å². The molecule has 0 bridgehead atoms. The fraction of sp³-hybridized carbons (Fsp3) is 0. The number of nitrogen functional groups attached to an aromatic ring is 1. The molecule has 8 aromatic carbocycles. The average molecular weight is 1140 g/mol. The van der Waals surface area contributed by atoms with E-state index in [1.165, 1.54) is 0 Å². The van der Waals surface area contributed by atoms with Crippen LogP contribution in [0, 0.1) is 0 Å². The zero-order chi connectivity index (χ0) is 49.1. The summed E-state index contributed by atoms with van der Waals surface area (Å²) < 4.78 is 7.74. The number of aromatic nitrogens is 3. The molecule has 0 spiro atoms. The molecule has 1 amide bonds. The van der Waals surface area contributed by atoms with Gasteiger partial charge in [-0.2, -0.15) is 0 Å². The number of benzene rings is 8. The Bertz CT molecular complexity index is 3450. The van der Waals surface area contributed by atoms with Crippen molar-refractivity contribution in [2.24, 2.45) is 0 Å². The Morgan fingerprint density at radius 2 is 0.714 bits per heavy atom. The number of rotatable bonds is 7. The number of carboxylic acid groups (broad SMARTS) is 1. The Hall–Kier alpha value is -7.48. The van der Waals surface area contributed by atoms with Gasteiger partial charge in [-0.15, -0.1) is 0 Å². The summed E-state index contributed by atoms with van der Waals surface area (Å²) in [5.41, 5.74) is 13.7. The van der Waals surface area contributed by atoms with Gasteiger partial charge >= 0.3 is 5.97 Å². The van der Waals surface area contributed by atoms with Crippen LogP contribution in [0.3, 0.4) is 0 Å². The molecule has 0 unspecified atom stereocenters. The van der Waals surface area contributed by atoms with E-state index in [0.717, 1.165) is 70.1 Å². The molecule has 11 aromatic rings. The van der Waals surface area contributed by atoms with Crippen LogP contribution in [0.25, 0.3) is 49.8 Å². The van der Waals surface area contributed by atoms with Crippen molar-refractivity contribution >= 4 is 121 Å². The number of nitrogens with two attached hydrogens (primary N) is 1. The monoisotopic (exact) mass is 1130 g/mol. The Morgan fingerprint density at radius 1 is 0.414 bits per heavy atom. The van der Waals surface area contributed by atoms with Crippen LogP contribution in [-0.2, 0) is 0 Å². The number of hydrogen-bond acceptors (Lipinski definition) is 4. The van der Waals surface area contributed by atoms with Crippen LogP contribution < -0.4 is 11.1 Å². The van der Waals surface area contributed by atoms with Crippen LogP contribution >= 0.6 is 59.4 Å². The van der Waals surface area contributed by atoms with Crippen LogP contribution in [-0.4, -0.2) is 35.9 Å². The first kappa shape index (κ1) is 49.0. The molecule has 0 saturated carbocycles. The third-order valence-electron chi connectivity index (χ3n) is 10.9. The largest absolute Gasteiger partial charge is 0.477 e. The molecule has 3 aromatic heterocycles. The molecule has 9 nitrogen and oxygen atoms in total. The molecule has 0 aliphatic carbocycles. The molecule has 13 heteroatoms. The summed E-state index contributed by atoms with van der Waals surface area (Å²) in [6.07, 6.45) is 0. The topological polar surface area (TPSA) is 124 Å². The zero-order valence-electron chi connectivity index (χ0n) is 37.0. The summed E-state index contributed by atoms with van der Waals surface area (Å²) >= 11 is 16.3. The molecular formula is C57H41Br3ClN5O4. The number of halogens is 4. The molecule has 3 heterocycles. The maximum absolute atomic E-state index is 13.0. The van der Waals surface area contributed by atoms with Gasteiger partial charge in [0.25, 0.3) is 11.1 Å². The van der Waals surface area contributed by atoms with Crippen molar-refractivity contribution in [1.82, 2.24) is 13.7 Å². The van der Waals surface area contributed by atoms with E-state index in [4.69, 9.17) is 17.3 Å². The first-order valence-corrected chi connectivity index (χ1v) is 24.4. The molecule has 11 rings (SSSR count). The molecule has 0 aliphatic rings. The Labute approximate surface area is 433 Å². The summed E-state index contributed by atoms with van der Waals surface area (Å²) in [4.78, 5) is 36.3. The molecule has 0 atom stereocenters. The van der Waals surface area contributed by atoms with Gasteiger partial charge in [0, 0.05) is 44.6 Å². The van der Waals surface area contributed by atoms with E-state index >= 15 is 0 Å². The molecule has 0 saturated heterocycles. The van der Waals surface area contributed by atoms with E-state index in [0.29, 0.717) is 15.9 Å². The van der Waals surface area contributed by atoms with Crippen molar-refractivity contribution in [3.63, 3.8) is 0 Å². The van der Waals surface area contributed by atoms with E-state index in [9.17, 15) is 19.5 Å². The summed E-state index contributed by atoms with van der Waals surface area (Å²) in [5, 5.41) is 14.8. The van der Waals surface area contributed by atoms with Gasteiger partial charge in [0.1, 0.15) is 17.1 Å². The fourth-order valence-electron chi connectivity index (χ4n) is 7.87. The quantitative estimate of drug-likeness (QED) is 0.108. The van der Waals surface area contributed by atoms with Gasteiger partial charge in [-0.1, -0.05) is 146 Å². The normalized spacial score (nSPS) is 10.6. The van der Waals surface area contributed by atoms with Crippen molar-refractivity contribution in [3.05, 3.63) is 255 Å². The summed E-state index contributed by atoms with van der Waals surface area (Å²) in [5.74, 6) is -1.11. The van der Waals surface area contributed by atoms with Crippen molar-refractivity contribution in [3.8, 4) is 17.1 Å². The Morgan fingerprint density at radius 3 is 1.07 bits per heavy atom. The van der Waals surface area contributed by atoms with Gasteiger partial charge in [0.05, 0.1) is 30.0 Å². The van der Waals surface area contributed by atoms with Gasteiger partial charge in [-0.25, -0.2) is 4.79 Å². The van der Waals surface area contributed by atoms with E-state index in [-0.39, 0.29) is 11.6 Å². The van der Waals surface area contributed by atoms with Gasteiger partial charge in [-0.05, 0) is 138 Å². The fourth-order valence-corrected chi connectivity index (χ4v) is 10.2. The predicted molar refractivity (Wildman–Crippen MR) is 295 cm³/mol. The number of aromatic carboxylic acids is 1. The SMILES string of the molecule is Nc1ccccc1.O=C(Cl)c1c(Br)c2ccccc2n1-c1ccccc1.O=C(Nc1ccccc1)c1c(Br)c2ccccc2n1-c1ccccc1.O=C(O)c1c(Br)c2ccccc2n1-c1ccccc1. The first-order chi connectivity index (χ1) is 34.0. The number of hydrogen-bond donors (Lipinski definition) is 3. The first-order valence-electron chi connectivity index (χ1n) is 21.7. The van der Waals surface area contributed by atoms with E-state index in [1.807, 2.05) is 234 Å². The number of nitrogens with one attached hydrogen (secondary N) is 1. The molecule has 0 fully saturated rings. The summed E-state index contributed by atoms with van der Waals surface area (Å²) in [6.45, 7) is 0. The lowest BCUT2D eigenvalue weighted by Gasteiger charge is -2.11. The summed E-state index contributed by atoms with van der Waals surface area (Å²) in [7, 11) is 0. The number of carbonyl (C=O) groups is 3. The minimum atomic E-state index is -0.952. The highest BCUT2D eigenvalue weighted by atomic mass is 79.9. The second-order valence-corrected chi connectivity index (χ2v) is 18.1.